The average Bonchev–Trinajstić information content (AvgIpc) is 3.43. The van der Waals surface area contributed by atoms with Crippen molar-refractivity contribution in [3.05, 3.63) is 36.5 Å². The number of aliphatic hydroxyl groups excluding tert-OH is 2. The van der Waals surface area contributed by atoms with E-state index >= 15 is 0 Å². The van der Waals surface area contributed by atoms with Crippen molar-refractivity contribution in [2.24, 2.45) is 0 Å². The van der Waals surface area contributed by atoms with E-state index in [-0.39, 0.29) is 18.5 Å². The van der Waals surface area contributed by atoms with Crippen LogP contribution >= 0.6 is 0 Å². The number of nitrogens with one attached hydrogen (secondary N) is 1. The minimum Gasteiger partial charge on any atom is -0.466 e. The van der Waals surface area contributed by atoms with Gasteiger partial charge in [0.05, 0.1) is 25.4 Å². The highest BCUT2D eigenvalue weighted by Crippen LogP contribution is 2.18. The molecule has 0 fully saturated rings. The highest BCUT2D eigenvalue weighted by Gasteiger charge is 2.20. The first-order chi connectivity index (χ1) is 38.0. The maximum atomic E-state index is 12.5. The zero-order valence-corrected chi connectivity index (χ0v) is 52.0. The van der Waals surface area contributed by atoms with Crippen molar-refractivity contribution < 1.29 is 24.5 Å². The Balaban J connectivity index is 3.39. The molecule has 6 nitrogen and oxygen atoms in total. The summed E-state index contributed by atoms with van der Waals surface area (Å²) in [7, 11) is 0. The minimum atomic E-state index is -0.666. The van der Waals surface area contributed by atoms with Gasteiger partial charge in [-0.1, -0.05) is 320 Å². The highest BCUT2D eigenvalue weighted by atomic mass is 16.5. The zero-order chi connectivity index (χ0) is 55.7. The predicted octanol–water partition coefficient (Wildman–Crippen LogP) is 22.3. The topological polar surface area (TPSA) is 95.9 Å². The van der Waals surface area contributed by atoms with Gasteiger partial charge in [0.15, 0.2) is 0 Å². The van der Waals surface area contributed by atoms with E-state index in [0.717, 1.165) is 51.4 Å². The molecule has 454 valence electrons. The first-order valence-corrected chi connectivity index (χ1v) is 34.7. The molecule has 0 aromatic heterocycles. The fourth-order valence-corrected chi connectivity index (χ4v) is 10.8. The van der Waals surface area contributed by atoms with E-state index in [1.54, 1.807) is 0 Å². The van der Waals surface area contributed by atoms with Crippen LogP contribution in [-0.2, 0) is 14.3 Å². The van der Waals surface area contributed by atoms with E-state index in [1.165, 1.54) is 295 Å². The first kappa shape index (κ1) is 75.1. The molecule has 0 radical (unpaired) electrons. The third-order valence-electron chi connectivity index (χ3n) is 16.2. The molecule has 6 heteroatoms. The lowest BCUT2D eigenvalue weighted by molar-refractivity contribution is -0.143. The van der Waals surface area contributed by atoms with Crippen molar-refractivity contribution in [3.8, 4) is 0 Å². The van der Waals surface area contributed by atoms with Crippen LogP contribution < -0.4 is 5.32 Å². The maximum Gasteiger partial charge on any atom is 0.305 e. The molecule has 0 aromatic carbocycles. The monoisotopic (exact) mass is 1080 g/mol. The molecule has 0 aliphatic heterocycles. The van der Waals surface area contributed by atoms with Gasteiger partial charge in [0.25, 0.3) is 0 Å². The van der Waals surface area contributed by atoms with Gasteiger partial charge in [-0.05, 0) is 83.5 Å². The summed E-state index contributed by atoms with van der Waals surface area (Å²) in [6, 6.07) is -0.544. The molecular weight excluding hydrogens is 947 g/mol. The number of carbonyl (C=O) groups excluding carboxylic acids is 2. The lowest BCUT2D eigenvalue weighted by atomic mass is 10.0. The van der Waals surface area contributed by atoms with Gasteiger partial charge < -0.3 is 20.3 Å². The van der Waals surface area contributed by atoms with Crippen molar-refractivity contribution in [3.63, 3.8) is 0 Å². The maximum absolute atomic E-state index is 12.5. The van der Waals surface area contributed by atoms with E-state index < -0.39 is 12.1 Å². The van der Waals surface area contributed by atoms with Gasteiger partial charge in [-0.3, -0.25) is 9.59 Å². The number of hydrogen-bond acceptors (Lipinski definition) is 5. The summed E-state index contributed by atoms with van der Waals surface area (Å²) in [5.74, 6) is -0.0258. The second kappa shape index (κ2) is 66.6. The number of hydrogen-bond donors (Lipinski definition) is 3. The number of unbranched alkanes of at least 4 members (excludes halogenated alkanes) is 48. The highest BCUT2D eigenvalue weighted by molar-refractivity contribution is 5.76. The fourth-order valence-electron chi connectivity index (χ4n) is 10.8. The number of amides is 1. The van der Waals surface area contributed by atoms with Crippen LogP contribution in [-0.4, -0.2) is 47.4 Å². The molecule has 0 aromatic rings. The smallest absolute Gasteiger partial charge is 0.305 e. The summed E-state index contributed by atoms with van der Waals surface area (Å²) in [5, 5.41) is 23.3. The lowest BCUT2D eigenvalue weighted by Gasteiger charge is -2.22. The van der Waals surface area contributed by atoms with Gasteiger partial charge in [0.1, 0.15) is 0 Å². The Hall–Kier alpha value is -1.92. The Bertz CT molecular complexity index is 1250. The van der Waals surface area contributed by atoms with Crippen molar-refractivity contribution in [1.29, 1.82) is 0 Å². The SMILES string of the molecule is CCCCCCCC/C=C\CCCCCCCCCCCC(=O)OCCCCCCCCCCC/C=C\C/C=C\CCCCCCCCCCCCCC(=O)NC(CO)C(O)CCCCCCCCCCCCCCCC. The normalized spacial score (nSPS) is 12.7. The van der Waals surface area contributed by atoms with Gasteiger partial charge in [-0.15, -0.1) is 0 Å². The Kier molecular flexibility index (Phi) is 64.9. The van der Waals surface area contributed by atoms with Crippen molar-refractivity contribution in [2.45, 2.75) is 392 Å². The van der Waals surface area contributed by atoms with E-state index in [0.29, 0.717) is 25.9 Å². The summed E-state index contributed by atoms with van der Waals surface area (Å²) in [4.78, 5) is 24.6. The number of carbonyl (C=O) groups is 2. The average molecular weight is 1080 g/mol. The van der Waals surface area contributed by atoms with E-state index in [4.69, 9.17) is 4.74 Å². The molecular formula is C71H135NO5. The molecule has 0 heterocycles. The van der Waals surface area contributed by atoms with Crippen LogP contribution in [0.3, 0.4) is 0 Å². The summed E-state index contributed by atoms with van der Waals surface area (Å²) in [6.45, 7) is 4.97. The second-order valence-corrected chi connectivity index (χ2v) is 23.9. The molecule has 77 heavy (non-hydrogen) atoms. The molecule has 0 spiro atoms. The summed E-state index contributed by atoms with van der Waals surface area (Å²) >= 11 is 0. The second-order valence-electron chi connectivity index (χ2n) is 23.9. The van der Waals surface area contributed by atoms with Crippen LogP contribution in [0.25, 0.3) is 0 Å². The minimum absolute atomic E-state index is 0.0106. The van der Waals surface area contributed by atoms with Crippen LogP contribution in [0.4, 0.5) is 0 Å². The molecule has 0 aliphatic carbocycles. The van der Waals surface area contributed by atoms with Crippen LogP contribution in [0.5, 0.6) is 0 Å². The van der Waals surface area contributed by atoms with Gasteiger partial charge >= 0.3 is 5.97 Å². The molecule has 2 unspecified atom stereocenters. The van der Waals surface area contributed by atoms with Crippen LogP contribution in [0, 0.1) is 0 Å². The van der Waals surface area contributed by atoms with Crippen LogP contribution in [0.15, 0.2) is 36.5 Å². The predicted molar refractivity (Wildman–Crippen MR) is 338 cm³/mol. The van der Waals surface area contributed by atoms with E-state index in [2.05, 4.69) is 55.6 Å². The molecule has 0 saturated heterocycles. The van der Waals surface area contributed by atoms with Gasteiger partial charge in [-0.2, -0.15) is 0 Å². The number of esters is 1. The lowest BCUT2D eigenvalue weighted by Crippen LogP contribution is -2.45. The van der Waals surface area contributed by atoms with Crippen molar-refractivity contribution in [2.75, 3.05) is 13.2 Å². The van der Waals surface area contributed by atoms with Crippen LogP contribution in [0.2, 0.25) is 0 Å². The van der Waals surface area contributed by atoms with Crippen molar-refractivity contribution in [1.82, 2.24) is 5.32 Å². The number of allylic oxidation sites excluding steroid dienone is 6. The Labute approximate surface area is 481 Å². The van der Waals surface area contributed by atoms with Crippen LogP contribution in [0.1, 0.15) is 380 Å². The summed E-state index contributed by atoms with van der Waals surface area (Å²) in [5.41, 5.74) is 0. The molecule has 0 saturated carbocycles. The molecule has 0 rings (SSSR count). The fraction of sp³-hybridized carbons (Fsp3) is 0.887. The molecule has 3 N–H and O–H groups in total. The van der Waals surface area contributed by atoms with Gasteiger partial charge in [0, 0.05) is 12.8 Å². The first-order valence-electron chi connectivity index (χ1n) is 34.7. The largest absolute Gasteiger partial charge is 0.466 e. The van der Waals surface area contributed by atoms with E-state index in [9.17, 15) is 19.8 Å². The third kappa shape index (κ3) is 63.1. The van der Waals surface area contributed by atoms with E-state index in [1.807, 2.05) is 0 Å². The summed E-state index contributed by atoms with van der Waals surface area (Å²) in [6.07, 6.45) is 84.7. The Morgan fingerprint density at radius 1 is 0.364 bits per heavy atom. The Morgan fingerprint density at radius 2 is 0.649 bits per heavy atom. The van der Waals surface area contributed by atoms with Gasteiger partial charge in [-0.25, -0.2) is 0 Å². The number of aliphatic hydroxyl groups is 2. The standard InChI is InChI=1S/C71H135NO5/c1-3-5-7-9-11-13-15-17-19-20-30-34-37-41-45-49-53-57-61-65-71(76)77-66-62-58-54-50-46-42-38-35-32-29-27-25-23-21-22-24-26-28-31-33-36-40-44-48-52-56-60-64-70(75)72-68(67-73)69(74)63-59-55-51-47-43-39-18-16-14-12-10-8-6-4-2/h17,19,21-22,25,27,68-69,73-74H,3-16,18,20,23-24,26,28-67H2,1-2H3,(H,72,75)/b19-17-,22-21-,27-25-. The number of ether oxygens (including phenoxy) is 1. The Morgan fingerprint density at radius 3 is 1.00 bits per heavy atom. The molecule has 2 atom stereocenters. The van der Waals surface area contributed by atoms with Crippen molar-refractivity contribution >= 4 is 11.9 Å². The number of rotatable bonds is 65. The summed E-state index contributed by atoms with van der Waals surface area (Å²) < 4.78 is 5.50. The zero-order valence-electron chi connectivity index (χ0n) is 52.0. The third-order valence-corrected chi connectivity index (χ3v) is 16.2. The quantitative estimate of drug-likeness (QED) is 0.0320. The molecule has 0 aliphatic rings. The van der Waals surface area contributed by atoms with Gasteiger partial charge in [0.2, 0.25) is 5.91 Å². The molecule has 0 bridgehead atoms. The molecule has 1 amide bonds.